The molecule has 2 rings (SSSR count). The maximum absolute atomic E-state index is 10.6. The van der Waals surface area contributed by atoms with E-state index >= 15 is 0 Å². The van der Waals surface area contributed by atoms with Crippen LogP contribution in [0.15, 0.2) is 6.20 Å². The summed E-state index contributed by atoms with van der Waals surface area (Å²) < 4.78 is 0. The van der Waals surface area contributed by atoms with Crippen molar-refractivity contribution in [3.8, 4) is 0 Å². The third kappa shape index (κ3) is 1.39. The van der Waals surface area contributed by atoms with Gasteiger partial charge in [-0.2, -0.15) is 0 Å². The molecule has 6 heteroatoms. The van der Waals surface area contributed by atoms with Gasteiger partial charge in [-0.15, -0.1) is 0 Å². The number of hydrogen-bond acceptors (Lipinski definition) is 4. The minimum absolute atomic E-state index is 0.142. The number of anilines is 1. The summed E-state index contributed by atoms with van der Waals surface area (Å²) in [4.78, 5) is 13.8. The number of nitrogens with two attached hydrogens (primary N) is 1. The summed E-state index contributed by atoms with van der Waals surface area (Å²) in [7, 11) is 0. The molecule has 5 nitrogen and oxygen atoms in total. The van der Waals surface area contributed by atoms with Crippen molar-refractivity contribution in [3.05, 3.63) is 27.0 Å². The lowest BCUT2D eigenvalue weighted by Gasteiger charge is -2.04. The lowest BCUT2D eigenvalue weighted by atomic mass is 10.1. The van der Waals surface area contributed by atoms with E-state index in [0.717, 1.165) is 18.4 Å². The van der Waals surface area contributed by atoms with Gasteiger partial charge >= 0.3 is 5.69 Å². The van der Waals surface area contributed by atoms with E-state index in [2.05, 4.69) is 4.98 Å². The van der Waals surface area contributed by atoms with Crippen molar-refractivity contribution in [2.24, 2.45) is 0 Å². The number of nitro groups is 1. The number of nitrogen functional groups attached to an aromatic ring is 1. The Labute approximate surface area is 85.0 Å². The minimum Gasteiger partial charge on any atom is -0.393 e. The largest absolute Gasteiger partial charge is 0.393 e. The second-order valence-electron chi connectivity index (χ2n) is 3.30. The Morgan fingerprint density at radius 1 is 1.64 bits per heavy atom. The standard InChI is InChI=1S/C8H8ClN3O2/c9-8-7(12(13)14)6(10)5(3-11-8)4-1-2-4/h3-4H,1-2H2,(H2,10,11). The van der Waals surface area contributed by atoms with Crippen LogP contribution in [0.4, 0.5) is 11.4 Å². The predicted molar refractivity (Wildman–Crippen MR) is 52.3 cm³/mol. The molecule has 1 aliphatic carbocycles. The van der Waals surface area contributed by atoms with Gasteiger partial charge in [-0.1, -0.05) is 11.6 Å². The number of halogens is 1. The topological polar surface area (TPSA) is 82.0 Å². The second-order valence-corrected chi connectivity index (χ2v) is 3.66. The van der Waals surface area contributed by atoms with Gasteiger partial charge < -0.3 is 5.73 Å². The molecule has 1 aromatic rings. The molecule has 0 saturated heterocycles. The van der Waals surface area contributed by atoms with Gasteiger partial charge in [-0.3, -0.25) is 10.1 Å². The summed E-state index contributed by atoms with van der Waals surface area (Å²) in [5.74, 6) is 0.332. The molecule has 1 aliphatic rings. The van der Waals surface area contributed by atoms with Crippen molar-refractivity contribution >= 4 is 23.0 Å². The molecule has 0 unspecified atom stereocenters. The van der Waals surface area contributed by atoms with Crippen LogP contribution in [-0.4, -0.2) is 9.91 Å². The fourth-order valence-corrected chi connectivity index (χ4v) is 1.62. The fraction of sp³-hybridized carbons (Fsp3) is 0.375. The van der Waals surface area contributed by atoms with Crippen LogP contribution in [-0.2, 0) is 0 Å². The molecule has 0 radical (unpaired) electrons. The Hall–Kier alpha value is -1.36. The Balaban J connectivity index is 2.55. The van der Waals surface area contributed by atoms with E-state index in [9.17, 15) is 10.1 Å². The number of nitrogens with zero attached hydrogens (tertiary/aromatic N) is 2. The highest BCUT2D eigenvalue weighted by Gasteiger charge is 2.31. The van der Waals surface area contributed by atoms with E-state index in [4.69, 9.17) is 17.3 Å². The van der Waals surface area contributed by atoms with Crippen LogP contribution in [0.25, 0.3) is 0 Å². The minimum atomic E-state index is -0.587. The van der Waals surface area contributed by atoms with Crippen LogP contribution in [0.3, 0.4) is 0 Å². The molecule has 0 spiro atoms. The lowest BCUT2D eigenvalue weighted by molar-refractivity contribution is -0.384. The van der Waals surface area contributed by atoms with Crippen LogP contribution >= 0.6 is 11.6 Å². The first kappa shape index (κ1) is 9.21. The van der Waals surface area contributed by atoms with Crippen molar-refractivity contribution in [2.75, 3.05) is 5.73 Å². The maximum atomic E-state index is 10.6. The molecule has 0 aliphatic heterocycles. The summed E-state index contributed by atoms with van der Waals surface area (Å²) in [5, 5.41) is 10.5. The quantitative estimate of drug-likeness (QED) is 0.463. The second kappa shape index (κ2) is 3.09. The van der Waals surface area contributed by atoms with Gasteiger partial charge in [0.15, 0.2) is 0 Å². The van der Waals surface area contributed by atoms with Crippen molar-refractivity contribution < 1.29 is 4.92 Å². The molecule has 14 heavy (non-hydrogen) atoms. The first-order valence-corrected chi connectivity index (χ1v) is 4.57. The molecule has 1 saturated carbocycles. The van der Waals surface area contributed by atoms with Crippen molar-refractivity contribution in [3.63, 3.8) is 0 Å². The summed E-state index contributed by atoms with van der Waals surface area (Å²) >= 11 is 5.59. The lowest BCUT2D eigenvalue weighted by Crippen LogP contribution is -2.01. The Morgan fingerprint density at radius 3 is 2.79 bits per heavy atom. The Kier molecular flexibility index (Phi) is 2.03. The van der Waals surface area contributed by atoms with E-state index < -0.39 is 4.92 Å². The Morgan fingerprint density at radius 2 is 2.29 bits per heavy atom. The van der Waals surface area contributed by atoms with E-state index in [1.807, 2.05) is 0 Å². The summed E-state index contributed by atoms with van der Waals surface area (Å²) in [6.07, 6.45) is 3.57. The SMILES string of the molecule is Nc1c(C2CC2)cnc(Cl)c1[N+](=O)[O-]. The molecule has 2 N–H and O–H groups in total. The third-order valence-corrected chi connectivity index (χ3v) is 2.55. The molecule has 74 valence electrons. The maximum Gasteiger partial charge on any atom is 0.329 e. The monoisotopic (exact) mass is 213 g/mol. The molecule has 0 amide bonds. The molecular formula is C8H8ClN3O2. The van der Waals surface area contributed by atoms with Crippen LogP contribution in [0.2, 0.25) is 5.15 Å². The average Bonchev–Trinajstić information content (AvgIpc) is 2.86. The van der Waals surface area contributed by atoms with E-state index in [1.54, 1.807) is 0 Å². The first-order chi connectivity index (χ1) is 6.61. The van der Waals surface area contributed by atoms with Gasteiger partial charge in [0.25, 0.3) is 0 Å². The fourth-order valence-electron chi connectivity index (χ4n) is 1.40. The molecule has 1 aromatic heterocycles. The third-order valence-electron chi connectivity index (χ3n) is 2.28. The molecule has 1 fully saturated rings. The average molecular weight is 214 g/mol. The van der Waals surface area contributed by atoms with Crippen LogP contribution in [0.1, 0.15) is 24.3 Å². The highest BCUT2D eigenvalue weighted by molar-refractivity contribution is 6.32. The predicted octanol–water partition coefficient (Wildman–Crippen LogP) is 2.10. The van der Waals surface area contributed by atoms with Crippen molar-refractivity contribution in [1.82, 2.24) is 4.98 Å². The summed E-state index contributed by atoms with van der Waals surface area (Å²) in [6.45, 7) is 0. The molecule has 0 aromatic carbocycles. The van der Waals surface area contributed by atoms with Crippen LogP contribution in [0, 0.1) is 10.1 Å². The van der Waals surface area contributed by atoms with E-state index in [-0.39, 0.29) is 16.5 Å². The first-order valence-electron chi connectivity index (χ1n) is 4.19. The van der Waals surface area contributed by atoms with Gasteiger partial charge in [0, 0.05) is 11.8 Å². The van der Waals surface area contributed by atoms with Crippen LogP contribution < -0.4 is 5.73 Å². The summed E-state index contributed by atoms with van der Waals surface area (Å²) in [6, 6.07) is 0. The molecule has 1 heterocycles. The smallest absolute Gasteiger partial charge is 0.329 e. The molecule has 0 atom stereocenters. The van der Waals surface area contributed by atoms with Crippen molar-refractivity contribution in [2.45, 2.75) is 18.8 Å². The molecular weight excluding hydrogens is 206 g/mol. The van der Waals surface area contributed by atoms with Crippen molar-refractivity contribution in [1.29, 1.82) is 0 Å². The number of aromatic nitrogens is 1. The van der Waals surface area contributed by atoms with E-state index in [0.29, 0.717) is 5.92 Å². The number of rotatable bonds is 2. The van der Waals surface area contributed by atoms with Gasteiger partial charge in [0.05, 0.1) is 4.92 Å². The Bertz CT molecular complexity index is 404. The highest BCUT2D eigenvalue weighted by Crippen LogP contribution is 2.45. The highest BCUT2D eigenvalue weighted by atomic mass is 35.5. The van der Waals surface area contributed by atoms with Crippen LogP contribution in [0.5, 0.6) is 0 Å². The van der Waals surface area contributed by atoms with E-state index in [1.165, 1.54) is 6.20 Å². The number of hydrogen-bond donors (Lipinski definition) is 1. The van der Waals surface area contributed by atoms with Gasteiger partial charge in [-0.05, 0) is 18.8 Å². The van der Waals surface area contributed by atoms with Gasteiger partial charge in [0.2, 0.25) is 5.15 Å². The number of pyridine rings is 1. The molecule has 0 bridgehead atoms. The summed E-state index contributed by atoms with van der Waals surface area (Å²) in [5.41, 5.74) is 6.31. The van der Waals surface area contributed by atoms with Gasteiger partial charge in [-0.25, -0.2) is 4.98 Å². The normalized spacial score (nSPS) is 15.5. The van der Waals surface area contributed by atoms with Gasteiger partial charge in [0.1, 0.15) is 5.69 Å². The zero-order valence-electron chi connectivity index (χ0n) is 7.24. The zero-order valence-corrected chi connectivity index (χ0v) is 7.99. The zero-order chi connectivity index (χ0) is 10.3.